The Bertz CT molecular complexity index is 1340. The van der Waals surface area contributed by atoms with Gasteiger partial charge >= 0.3 is 0 Å². The molecular formula is C21H15N5OS. The van der Waals surface area contributed by atoms with Crippen LogP contribution in [0.5, 0.6) is 0 Å². The molecule has 0 unspecified atom stereocenters. The predicted octanol–water partition coefficient (Wildman–Crippen LogP) is 3.70. The van der Waals surface area contributed by atoms with Gasteiger partial charge in [0, 0.05) is 36.0 Å². The van der Waals surface area contributed by atoms with Crippen LogP contribution in [-0.4, -0.2) is 24.0 Å². The maximum atomic E-state index is 12.3. The van der Waals surface area contributed by atoms with E-state index in [2.05, 4.69) is 15.1 Å². The van der Waals surface area contributed by atoms with Gasteiger partial charge in [-0.1, -0.05) is 48.2 Å². The third kappa shape index (κ3) is 3.05. The molecule has 0 saturated heterocycles. The summed E-state index contributed by atoms with van der Waals surface area (Å²) in [6.07, 6.45) is 5.30. The van der Waals surface area contributed by atoms with Crippen molar-refractivity contribution in [2.24, 2.45) is 0 Å². The first-order valence-corrected chi connectivity index (χ1v) is 9.76. The molecule has 0 aliphatic carbocycles. The highest BCUT2D eigenvalue weighted by Gasteiger charge is 2.10. The Morgan fingerprint density at radius 1 is 0.964 bits per heavy atom. The van der Waals surface area contributed by atoms with E-state index in [-0.39, 0.29) is 5.56 Å². The molecule has 5 rings (SSSR count). The molecule has 0 aliphatic heterocycles. The summed E-state index contributed by atoms with van der Waals surface area (Å²) >= 11 is 1.55. The van der Waals surface area contributed by atoms with Crippen LogP contribution in [0.1, 0.15) is 5.69 Å². The summed E-state index contributed by atoms with van der Waals surface area (Å²) in [5, 5.41) is 5.50. The first kappa shape index (κ1) is 16.7. The van der Waals surface area contributed by atoms with Crippen LogP contribution in [-0.2, 0) is 5.75 Å². The summed E-state index contributed by atoms with van der Waals surface area (Å²) < 4.78 is 3.37. The molecule has 7 heteroatoms. The minimum absolute atomic E-state index is 0.0805. The quantitative estimate of drug-likeness (QED) is 0.442. The van der Waals surface area contributed by atoms with Gasteiger partial charge in [-0.3, -0.25) is 9.20 Å². The van der Waals surface area contributed by atoms with Crippen LogP contribution in [0.2, 0.25) is 0 Å². The van der Waals surface area contributed by atoms with E-state index in [1.165, 1.54) is 4.40 Å². The van der Waals surface area contributed by atoms with Crippen molar-refractivity contribution in [3.63, 3.8) is 0 Å². The smallest absolute Gasteiger partial charge is 0.258 e. The van der Waals surface area contributed by atoms with E-state index in [0.717, 1.165) is 27.5 Å². The lowest BCUT2D eigenvalue weighted by Crippen LogP contribution is -2.14. The predicted molar refractivity (Wildman–Crippen MR) is 109 cm³/mol. The Balaban J connectivity index is 1.47. The van der Waals surface area contributed by atoms with Gasteiger partial charge in [0.25, 0.3) is 5.56 Å². The molecule has 0 amide bonds. The number of nitrogens with zero attached hydrogens (tertiary/aromatic N) is 5. The Labute approximate surface area is 164 Å². The van der Waals surface area contributed by atoms with Gasteiger partial charge in [-0.2, -0.15) is 5.10 Å². The highest BCUT2D eigenvalue weighted by Crippen LogP contribution is 2.27. The number of hydrogen-bond acceptors (Lipinski definition) is 5. The van der Waals surface area contributed by atoms with E-state index in [1.807, 2.05) is 65.3 Å². The van der Waals surface area contributed by atoms with Crippen LogP contribution in [0.4, 0.5) is 0 Å². The first-order chi connectivity index (χ1) is 13.8. The minimum atomic E-state index is -0.0805. The summed E-state index contributed by atoms with van der Waals surface area (Å²) in [4.78, 5) is 21.3. The molecule has 0 atom stereocenters. The molecule has 0 bridgehead atoms. The highest BCUT2D eigenvalue weighted by atomic mass is 32.2. The third-order valence-corrected chi connectivity index (χ3v) is 5.43. The van der Waals surface area contributed by atoms with Gasteiger partial charge < -0.3 is 0 Å². The van der Waals surface area contributed by atoms with Crippen molar-refractivity contribution >= 4 is 22.9 Å². The van der Waals surface area contributed by atoms with Gasteiger partial charge in [0.1, 0.15) is 10.7 Å². The maximum Gasteiger partial charge on any atom is 0.258 e. The number of fused-ring (bicyclic) bond motifs is 2. The normalized spacial score (nSPS) is 11.3. The molecule has 1 aromatic carbocycles. The van der Waals surface area contributed by atoms with Crippen LogP contribution in [0, 0.1) is 0 Å². The molecule has 0 N–H and O–H groups in total. The molecule has 0 aliphatic rings. The van der Waals surface area contributed by atoms with E-state index >= 15 is 0 Å². The van der Waals surface area contributed by atoms with Gasteiger partial charge in [0.2, 0.25) is 0 Å². The Kier molecular flexibility index (Phi) is 4.14. The first-order valence-electron chi connectivity index (χ1n) is 8.78. The SMILES string of the molecule is O=c1cc(CSc2nccn3nc(-c4ccccc4)cc23)nc2ccccn12. The van der Waals surface area contributed by atoms with E-state index in [9.17, 15) is 4.79 Å². The number of thioether (sulfide) groups is 1. The zero-order valence-corrected chi connectivity index (χ0v) is 15.6. The van der Waals surface area contributed by atoms with Crippen LogP contribution < -0.4 is 5.56 Å². The van der Waals surface area contributed by atoms with Crippen molar-refractivity contribution in [1.82, 2.24) is 24.0 Å². The van der Waals surface area contributed by atoms with Crippen LogP contribution in [0.15, 0.2) is 89.1 Å². The Hall–Kier alpha value is -3.45. The number of aromatic nitrogens is 5. The maximum absolute atomic E-state index is 12.3. The monoisotopic (exact) mass is 385 g/mol. The van der Waals surface area contributed by atoms with E-state index < -0.39 is 0 Å². The van der Waals surface area contributed by atoms with Crippen molar-refractivity contribution in [1.29, 1.82) is 0 Å². The zero-order valence-electron chi connectivity index (χ0n) is 14.8. The van der Waals surface area contributed by atoms with Crippen molar-refractivity contribution in [3.05, 3.63) is 95.3 Å². The van der Waals surface area contributed by atoms with Gasteiger partial charge in [0.05, 0.1) is 16.9 Å². The van der Waals surface area contributed by atoms with Crippen LogP contribution in [0.3, 0.4) is 0 Å². The largest absolute Gasteiger partial charge is 0.269 e. The highest BCUT2D eigenvalue weighted by molar-refractivity contribution is 7.98. The van der Waals surface area contributed by atoms with E-state index in [0.29, 0.717) is 11.4 Å². The summed E-state index contributed by atoms with van der Waals surface area (Å²) in [5.41, 5.74) is 4.19. The van der Waals surface area contributed by atoms with E-state index in [1.54, 1.807) is 30.2 Å². The van der Waals surface area contributed by atoms with Crippen LogP contribution in [0.25, 0.3) is 22.4 Å². The summed E-state index contributed by atoms with van der Waals surface area (Å²) in [6.45, 7) is 0. The average Bonchev–Trinajstić information content (AvgIpc) is 3.18. The second-order valence-corrected chi connectivity index (χ2v) is 7.23. The molecule has 4 heterocycles. The fourth-order valence-corrected chi connectivity index (χ4v) is 3.95. The zero-order chi connectivity index (χ0) is 18.9. The molecule has 0 saturated carbocycles. The van der Waals surface area contributed by atoms with Gasteiger partial charge in [0.15, 0.2) is 0 Å². The third-order valence-electron chi connectivity index (χ3n) is 4.40. The molecule has 0 fully saturated rings. The van der Waals surface area contributed by atoms with Crippen LogP contribution >= 0.6 is 11.8 Å². The fourth-order valence-electron chi connectivity index (χ4n) is 3.08. The average molecular weight is 385 g/mol. The molecule has 0 radical (unpaired) electrons. The molecule has 4 aromatic heterocycles. The molecule has 5 aromatic rings. The number of benzene rings is 1. The lowest BCUT2D eigenvalue weighted by atomic mass is 10.1. The minimum Gasteiger partial charge on any atom is -0.269 e. The molecule has 6 nitrogen and oxygen atoms in total. The topological polar surface area (TPSA) is 64.6 Å². The number of pyridine rings is 1. The number of hydrogen-bond donors (Lipinski definition) is 0. The van der Waals surface area contributed by atoms with Crippen molar-refractivity contribution < 1.29 is 0 Å². The van der Waals surface area contributed by atoms with Gasteiger partial charge in [-0.15, -0.1) is 0 Å². The Morgan fingerprint density at radius 2 is 1.82 bits per heavy atom. The second-order valence-electron chi connectivity index (χ2n) is 6.26. The summed E-state index contributed by atoms with van der Waals surface area (Å²) in [7, 11) is 0. The summed E-state index contributed by atoms with van der Waals surface area (Å²) in [6, 6.07) is 19.2. The summed E-state index contributed by atoms with van der Waals surface area (Å²) in [5.74, 6) is 0.555. The molecule has 136 valence electrons. The van der Waals surface area contributed by atoms with Crippen molar-refractivity contribution in [3.8, 4) is 11.3 Å². The van der Waals surface area contributed by atoms with Gasteiger partial charge in [-0.25, -0.2) is 14.5 Å². The molecular weight excluding hydrogens is 370 g/mol. The van der Waals surface area contributed by atoms with Gasteiger partial charge in [-0.05, 0) is 18.2 Å². The van der Waals surface area contributed by atoms with E-state index in [4.69, 9.17) is 0 Å². The lowest BCUT2D eigenvalue weighted by Gasteiger charge is -2.04. The standard InChI is InChI=1S/C21H15N5OS/c27-20-12-16(23-19-8-4-5-10-25(19)20)14-28-21-18-13-17(15-6-2-1-3-7-15)24-26(18)11-9-22-21/h1-13H,14H2. The number of rotatable bonds is 4. The van der Waals surface area contributed by atoms with Crippen molar-refractivity contribution in [2.45, 2.75) is 10.8 Å². The molecule has 28 heavy (non-hydrogen) atoms. The fraction of sp³-hybridized carbons (Fsp3) is 0.0476. The van der Waals surface area contributed by atoms with Crippen molar-refractivity contribution in [2.75, 3.05) is 0 Å². The Morgan fingerprint density at radius 3 is 2.71 bits per heavy atom. The lowest BCUT2D eigenvalue weighted by molar-refractivity contribution is 0.920. The molecule has 0 spiro atoms. The second kappa shape index (κ2) is 6.94.